The second-order valence-electron chi connectivity index (χ2n) is 5.30. The van der Waals surface area contributed by atoms with Crippen LogP contribution in [0, 0.1) is 0 Å². The number of unbranched alkanes of at least 4 members (excludes halogenated alkanes) is 4. The standard InChI is InChI=1S/C13H19.C5H5.2ClH.Hf/c1-2-3-4-5-6-7-10-13-11-8-9-12-13;1-2-4-5-3-1;;;/h2,8,11H,1,3-7,9-10H2;1-3H,4H2;2*1H;. The largest absolute Gasteiger partial charge is 0.147 e. The van der Waals surface area contributed by atoms with Gasteiger partial charge in [-0.15, -0.1) is 24.8 Å². The first kappa shape index (κ1) is 21.2. The third-order valence-electron chi connectivity index (χ3n) is 3.72. The minimum atomic E-state index is -0.660. The van der Waals surface area contributed by atoms with Crippen molar-refractivity contribution in [2.75, 3.05) is 0 Å². The van der Waals surface area contributed by atoms with E-state index >= 15 is 0 Å². The van der Waals surface area contributed by atoms with Crippen LogP contribution < -0.4 is 0 Å². The molecule has 0 atom stereocenters. The summed E-state index contributed by atoms with van der Waals surface area (Å²) in [7, 11) is 0. The molecule has 0 aromatic heterocycles. The van der Waals surface area contributed by atoms with E-state index in [1.165, 1.54) is 51.4 Å². The Morgan fingerprint density at radius 1 is 1.05 bits per heavy atom. The predicted octanol–water partition coefficient (Wildman–Crippen LogP) is 6.50. The van der Waals surface area contributed by atoms with Crippen molar-refractivity contribution in [1.29, 1.82) is 0 Å². The Kier molecular flexibility index (Phi) is 12.8. The first-order valence-electron chi connectivity index (χ1n) is 7.52. The zero-order valence-corrected chi connectivity index (χ0v) is 17.9. The molecule has 3 heteroatoms. The van der Waals surface area contributed by atoms with Crippen molar-refractivity contribution in [2.45, 2.75) is 51.4 Å². The first-order chi connectivity index (χ1) is 9.40. The zero-order valence-electron chi connectivity index (χ0n) is 12.6. The maximum atomic E-state index is 3.78. The first-order valence-corrected chi connectivity index (χ1v) is 11.1. The summed E-state index contributed by atoms with van der Waals surface area (Å²) in [6.07, 6.45) is 24.3. The molecule has 2 rings (SSSR count). The van der Waals surface area contributed by atoms with Gasteiger partial charge in [-0.1, -0.05) is 0 Å². The summed E-state index contributed by atoms with van der Waals surface area (Å²) in [5.74, 6) is 0. The van der Waals surface area contributed by atoms with Crippen LogP contribution in [0.1, 0.15) is 51.4 Å². The molecule has 0 aromatic carbocycles. The van der Waals surface area contributed by atoms with E-state index < -0.39 is 22.9 Å². The van der Waals surface area contributed by atoms with E-state index in [9.17, 15) is 0 Å². The van der Waals surface area contributed by atoms with Crippen LogP contribution in [0.25, 0.3) is 0 Å². The minimum Gasteiger partial charge on any atom is -0.147 e. The van der Waals surface area contributed by atoms with Gasteiger partial charge in [0.25, 0.3) is 0 Å². The van der Waals surface area contributed by atoms with E-state index in [0.717, 1.165) is 0 Å². The molecule has 0 spiro atoms. The molecule has 21 heavy (non-hydrogen) atoms. The smallest absolute Gasteiger partial charge is 0.147 e. The van der Waals surface area contributed by atoms with Gasteiger partial charge in [0.1, 0.15) is 0 Å². The molecular formula is C18H26Cl2Hf. The van der Waals surface area contributed by atoms with E-state index in [-0.39, 0.29) is 24.8 Å². The molecule has 0 heterocycles. The molecule has 0 saturated carbocycles. The van der Waals surface area contributed by atoms with E-state index in [1.54, 1.807) is 8.90 Å². The fourth-order valence-corrected chi connectivity index (χ4v) is 7.55. The van der Waals surface area contributed by atoms with E-state index in [0.29, 0.717) is 0 Å². The Morgan fingerprint density at radius 3 is 2.57 bits per heavy atom. The van der Waals surface area contributed by atoms with Gasteiger partial charge in [0.2, 0.25) is 0 Å². The molecule has 0 saturated heterocycles. The number of hydrogen-bond acceptors (Lipinski definition) is 0. The van der Waals surface area contributed by atoms with Crippen molar-refractivity contribution >= 4 is 24.8 Å². The Morgan fingerprint density at radius 2 is 1.86 bits per heavy atom. The van der Waals surface area contributed by atoms with Gasteiger partial charge in [0, 0.05) is 0 Å². The summed E-state index contributed by atoms with van der Waals surface area (Å²) in [4.78, 5) is 0. The van der Waals surface area contributed by atoms with E-state index in [1.807, 2.05) is 9.41 Å². The Hall–Kier alpha value is 0.150. The van der Waals surface area contributed by atoms with Crippen molar-refractivity contribution in [3.05, 3.63) is 55.3 Å². The normalized spacial score (nSPS) is 15.5. The van der Waals surface area contributed by atoms with Crippen LogP contribution in [0.15, 0.2) is 55.3 Å². The van der Waals surface area contributed by atoms with Crippen LogP contribution in [0.5, 0.6) is 0 Å². The molecule has 2 aliphatic carbocycles. The molecule has 0 bridgehead atoms. The number of allylic oxidation sites excluding steroid dienone is 9. The topological polar surface area (TPSA) is 0 Å². The van der Waals surface area contributed by atoms with Crippen LogP contribution in [-0.2, 0) is 22.9 Å². The predicted molar refractivity (Wildman–Crippen MR) is 95.0 cm³/mol. The Balaban J connectivity index is 0.00000200. The van der Waals surface area contributed by atoms with Crippen LogP contribution in [-0.4, -0.2) is 0 Å². The average molecular weight is 492 g/mol. The van der Waals surface area contributed by atoms with Gasteiger partial charge in [-0.05, 0) is 0 Å². The fourth-order valence-electron chi connectivity index (χ4n) is 2.61. The SMILES string of the molecule is C=CCCCCCCC1=[C]([Hf][C]2=CC=CC2)CC=C1.Cl.Cl. The zero-order chi connectivity index (χ0) is 13.3. The van der Waals surface area contributed by atoms with Gasteiger partial charge in [0.05, 0.1) is 0 Å². The molecule has 0 fully saturated rings. The van der Waals surface area contributed by atoms with E-state index in [4.69, 9.17) is 0 Å². The summed E-state index contributed by atoms with van der Waals surface area (Å²) in [6.45, 7) is 3.78. The fraction of sp³-hybridized carbons (Fsp3) is 0.444. The summed E-state index contributed by atoms with van der Waals surface area (Å²) in [5, 5.41) is 0. The van der Waals surface area contributed by atoms with Gasteiger partial charge in [-0.25, -0.2) is 0 Å². The quantitative estimate of drug-likeness (QED) is 0.196. The molecule has 0 aliphatic heterocycles. The van der Waals surface area contributed by atoms with Gasteiger partial charge < -0.3 is 0 Å². The maximum Gasteiger partial charge on any atom is -0.147 e. The van der Waals surface area contributed by atoms with Gasteiger partial charge in [0.15, 0.2) is 0 Å². The van der Waals surface area contributed by atoms with Crippen LogP contribution in [0.3, 0.4) is 0 Å². The molecule has 0 N–H and O–H groups in total. The summed E-state index contributed by atoms with van der Waals surface area (Å²) < 4.78 is 3.64. The molecular weight excluding hydrogens is 466 g/mol. The van der Waals surface area contributed by atoms with Crippen molar-refractivity contribution in [3.63, 3.8) is 0 Å². The second-order valence-corrected chi connectivity index (χ2v) is 10.7. The third kappa shape index (κ3) is 7.81. The summed E-state index contributed by atoms with van der Waals surface area (Å²) >= 11 is -0.660. The Labute approximate surface area is 153 Å². The molecule has 0 amide bonds. The third-order valence-corrected chi connectivity index (χ3v) is 9.17. The van der Waals surface area contributed by atoms with Gasteiger partial charge in [-0.2, -0.15) is 0 Å². The minimum absolute atomic E-state index is 0. The molecule has 0 unspecified atom stereocenters. The Bertz CT molecular complexity index is 430. The van der Waals surface area contributed by atoms with Crippen molar-refractivity contribution < 1.29 is 22.9 Å². The maximum absolute atomic E-state index is 3.78. The molecule has 0 aromatic rings. The molecule has 0 radical (unpaired) electrons. The van der Waals surface area contributed by atoms with Crippen molar-refractivity contribution in [3.8, 4) is 0 Å². The average Bonchev–Trinajstić information content (AvgIpc) is 3.06. The van der Waals surface area contributed by atoms with Crippen LogP contribution in [0.2, 0.25) is 0 Å². The van der Waals surface area contributed by atoms with Crippen molar-refractivity contribution in [1.82, 2.24) is 0 Å². The molecule has 2 aliphatic rings. The number of halogens is 2. The monoisotopic (exact) mass is 492 g/mol. The van der Waals surface area contributed by atoms with Gasteiger partial charge in [-0.3, -0.25) is 0 Å². The second kappa shape index (κ2) is 12.7. The summed E-state index contributed by atoms with van der Waals surface area (Å²) in [6, 6.07) is 0. The number of rotatable bonds is 9. The van der Waals surface area contributed by atoms with Crippen molar-refractivity contribution in [2.24, 2.45) is 0 Å². The van der Waals surface area contributed by atoms with Crippen LogP contribution >= 0.6 is 24.8 Å². The molecule has 116 valence electrons. The van der Waals surface area contributed by atoms with E-state index in [2.05, 4.69) is 37.0 Å². The van der Waals surface area contributed by atoms with Gasteiger partial charge >= 0.3 is 130 Å². The number of hydrogen-bond donors (Lipinski definition) is 0. The summed E-state index contributed by atoms with van der Waals surface area (Å²) in [5.41, 5.74) is 1.71. The molecule has 0 nitrogen and oxygen atoms in total. The van der Waals surface area contributed by atoms with Crippen LogP contribution in [0.4, 0.5) is 0 Å².